The lowest BCUT2D eigenvalue weighted by molar-refractivity contribution is -0.309. The SMILES string of the molecule is C/C(=N\OCC(=O)[O-])C1=C(c2cc3cc(Cl)ccc3[nH]2)Cc2cc(Br)ccc21.[NH4+]. The van der Waals surface area contributed by atoms with Crippen molar-refractivity contribution < 1.29 is 14.7 Å². The number of hydrogen-bond donors (Lipinski definition) is 2. The fourth-order valence-corrected chi connectivity index (χ4v) is 4.12. The molecule has 0 fully saturated rings. The first-order chi connectivity index (χ1) is 13.4. The maximum atomic E-state index is 10.6. The van der Waals surface area contributed by atoms with Crippen LogP contribution in [0, 0.1) is 0 Å². The summed E-state index contributed by atoms with van der Waals surface area (Å²) in [5.41, 5.74) is 6.77. The Kier molecular flexibility index (Phi) is 6.12. The van der Waals surface area contributed by atoms with Gasteiger partial charge in [0.25, 0.3) is 0 Å². The van der Waals surface area contributed by atoms with Crippen LogP contribution in [0.1, 0.15) is 23.7 Å². The van der Waals surface area contributed by atoms with E-state index in [-0.39, 0.29) is 6.15 Å². The van der Waals surface area contributed by atoms with Crippen LogP contribution in [-0.4, -0.2) is 23.3 Å². The molecule has 1 aliphatic carbocycles. The number of nitrogens with one attached hydrogen (secondary N) is 1. The molecule has 0 radical (unpaired) electrons. The van der Waals surface area contributed by atoms with Crippen LogP contribution in [-0.2, 0) is 16.1 Å². The minimum Gasteiger partial charge on any atom is -0.546 e. The van der Waals surface area contributed by atoms with Gasteiger partial charge in [-0.15, -0.1) is 0 Å². The summed E-state index contributed by atoms with van der Waals surface area (Å²) in [4.78, 5) is 19.0. The molecule has 4 rings (SSSR count). The molecule has 1 aliphatic rings. The van der Waals surface area contributed by atoms with Gasteiger partial charge in [0, 0.05) is 38.1 Å². The summed E-state index contributed by atoms with van der Waals surface area (Å²) in [6, 6.07) is 13.9. The number of hydrogen-bond acceptors (Lipinski definition) is 4. The molecule has 2 aromatic carbocycles. The van der Waals surface area contributed by atoms with Gasteiger partial charge in [0.15, 0.2) is 6.61 Å². The highest BCUT2D eigenvalue weighted by Crippen LogP contribution is 2.41. The molecule has 1 heterocycles. The lowest BCUT2D eigenvalue weighted by Gasteiger charge is -2.08. The lowest BCUT2D eigenvalue weighted by Crippen LogP contribution is -2.26. The number of aromatic amines is 1. The standard InChI is InChI=1S/C21H16BrClN2O3.H3N/c1-11(25-28-10-20(26)27)21-16-4-2-14(22)6-12(16)8-17(21)19-9-13-7-15(23)3-5-18(13)24-19;/h2-7,9,24H,8,10H2,1H3,(H,26,27);1H3/b25-11+;. The van der Waals surface area contributed by atoms with Crippen LogP contribution in [0.25, 0.3) is 22.0 Å². The molecule has 0 amide bonds. The van der Waals surface area contributed by atoms with Gasteiger partial charge >= 0.3 is 0 Å². The Balaban J connectivity index is 0.00000240. The molecule has 0 unspecified atom stereocenters. The van der Waals surface area contributed by atoms with Crippen molar-refractivity contribution in [1.82, 2.24) is 11.1 Å². The fraction of sp³-hybridized carbons (Fsp3) is 0.143. The van der Waals surface area contributed by atoms with Crippen molar-refractivity contribution in [3.05, 3.63) is 68.8 Å². The van der Waals surface area contributed by atoms with Crippen LogP contribution in [0.4, 0.5) is 0 Å². The number of nitrogens with zero attached hydrogens (tertiary/aromatic N) is 1. The van der Waals surface area contributed by atoms with Crippen molar-refractivity contribution >= 4 is 61.3 Å². The molecule has 3 aromatic rings. The Hall–Kier alpha value is -2.61. The predicted octanol–water partition coefficient (Wildman–Crippen LogP) is 4.57. The van der Waals surface area contributed by atoms with E-state index in [2.05, 4.69) is 38.2 Å². The van der Waals surface area contributed by atoms with Crippen LogP contribution >= 0.6 is 27.5 Å². The van der Waals surface area contributed by atoms with Crippen LogP contribution in [0.2, 0.25) is 5.02 Å². The molecule has 0 saturated carbocycles. The molecule has 0 aliphatic heterocycles. The van der Waals surface area contributed by atoms with Gasteiger partial charge in [0.05, 0.1) is 11.7 Å². The first-order valence-electron chi connectivity index (χ1n) is 8.60. The highest BCUT2D eigenvalue weighted by atomic mass is 79.9. The van der Waals surface area contributed by atoms with Crippen molar-refractivity contribution in [3.8, 4) is 0 Å². The van der Waals surface area contributed by atoms with Crippen LogP contribution in [0.5, 0.6) is 0 Å². The monoisotopic (exact) mass is 475 g/mol. The van der Waals surface area contributed by atoms with Crippen LogP contribution in [0.3, 0.4) is 0 Å². The van der Waals surface area contributed by atoms with E-state index in [1.807, 2.05) is 30.3 Å². The first-order valence-corrected chi connectivity index (χ1v) is 9.77. The van der Waals surface area contributed by atoms with E-state index in [1.54, 1.807) is 6.92 Å². The first kappa shape index (κ1) is 21.1. The maximum Gasteiger partial charge on any atom is 0.156 e. The molecule has 0 saturated heterocycles. The Bertz CT molecular complexity index is 1170. The Morgan fingerprint density at radius 1 is 1.28 bits per heavy atom. The summed E-state index contributed by atoms with van der Waals surface area (Å²) in [5, 5.41) is 16.3. The van der Waals surface area contributed by atoms with Crippen molar-refractivity contribution in [2.75, 3.05) is 6.61 Å². The number of fused-ring (bicyclic) bond motifs is 2. The second-order valence-electron chi connectivity index (χ2n) is 6.57. The summed E-state index contributed by atoms with van der Waals surface area (Å²) in [6.45, 7) is 1.22. The van der Waals surface area contributed by atoms with E-state index < -0.39 is 12.6 Å². The van der Waals surface area contributed by atoms with Crippen LogP contribution in [0.15, 0.2) is 52.1 Å². The van der Waals surface area contributed by atoms with E-state index in [0.717, 1.165) is 49.8 Å². The maximum absolute atomic E-state index is 10.6. The molecule has 6 nitrogen and oxygen atoms in total. The number of carboxylic acids is 1. The predicted molar refractivity (Wildman–Crippen MR) is 118 cm³/mol. The van der Waals surface area contributed by atoms with Gasteiger partial charge < -0.3 is 25.9 Å². The number of allylic oxidation sites excluding steroid dienone is 2. The summed E-state index contributed by atoms with van der Waals surface area (Å²) in [5.74, 6) is -1.31. The summed E-state index contributed by atoms with van der Waals surface area (Å²) in [7, 11) is 0. The normalized spacial score (nSPS) is 13.4. The third kappa shape index (κ3) is 4.22. The summed E-state index contributed by atoms with van der Waals surface area (Å²) in [6.07, 6.45) is 0.720. The number of aromatic nitrogens is 1. The number of carbonyl (C=O) groups is 1. The molecule has 0 atom stereocenters. The second-order valence-corrected chi connectivity index (χ2v) is 7.92. The van der Waals surface area contributed by atoms with Gasteiger partial charge in [0.1, 0.15) is 0 Å². The van der Waals surface area contributed by atoms with Gasteiger partial charge in [-0.3, -0.25) is 0 Å². The van der Waals surface area contributed by atoms with Gasteiger partial charge in [-0.05, 0) is 60.0 Å². The number of halogens is 2. The molecule has 8 heteroatoms. The molecule has 5 N–H and O–H groups in total. The van der Waals surface area contributed by atoms with Gasteiger partial charge in [0.2, 0.25) is 0 Å². The number of rotatable bonds is 5. The fourth-order valence-electron chi connectivity index (χ4n) is 3.53. The zero-order chi connectivity index (χ0) is 19.8. The third-order valence-corrected chi connectivity index (χ3v) is 5.39. The second kappa shape index (κ2) is 8.41. The minimum atomic E-state index is -1.31. The lowest BCUT2D eigenvalue weighted by atomic mass is 10.0. The third-order valence-electron chi connectivity index (χ3n) is 4.66. The van der Waals surface area contributed by atoms with Crippen molar-refractivity contribution in [1.29, 1.82) is 0 Å². The van der Waals surface area contributed by atoms with E-state index >= 15 is 0 Å². The van der Waals surface area contributed by atoms with E-state index in [1.165, 1.54) is 0 Å². The number of carbonyl (C=O) groups excluding carboxylic acids is 1. The van der Waals surface area contributed by atoms with E-state index in [4.69, 9.17) is 16.4 Å². The smallest absolute Gasteiger partial charge is 0.156 e. The molecule has 0 spiro atoms. The summed E-state index contributed by atoms with van der Waals surface area (Å²) < 4.78 is 0.998. The Labute approximate surface area is 180 Å². The highest BCUT2D eigenvalue weighted by molar-refractivity contribution is 9.10. The van der Waals surface area contributed by atoms with E-state index in [0.29, 0.717) is 10.7 Å². The largest absolute Gasteiger partial charge is 0.546 e. The number of carboxylic acid groups (broad SMARTS) is 1. The molecule has 150 valence electrons. The van der Waals surface area contributed by atoms with Crippen molar-refractivity contribution in [2.45, 2.75) is 13.3 Å². The number of oxime groups is 1. The van der Waals surface area contributed by atoms with Crippen molar-refractivity contribution in [2.24, 2.45) is 5.16 Å². The quantitative estimate of drug-likeness (QED) is 0.415. The van der Waals surface area contributed by atoms with Crippen molar-refractivity contribution in [3.63, 3.8) is 0 Å². The molecule has 0 bridgehead atoms. The zero-order valence-electron chi connectivity index (χ0n) is 15.9. The average molecular weight is 477 g/mol. The topological polar surface area (TPSA) is 114 Å². The average Bonchev–Trinajstić information content (AvgIpc) is 3.21. The van der Waals surface area contributed by atoms with Gasteiger partial charge in [-0.1, -0.05) is 38.8 Å². The number of benzene rings is 2. The van der Waals surface area contributed by atoms with Crippen LogP contribution < -0.4 is 11.3 Å². The number of aliphatic carboxylic acids is 1. The molecule has 1 aromatic heterocycles. The summed E-state index contributed by atoms with van der Waals surface area (Å²) >= 11 is 9.64. The van der Waals surface area contributed by atoms with Gasteiger partial charge in [-0.25, -0.2) is 0 Å². The molecular formula is C21H19BrClN3O3. The van der Waals surface area contributed by atoms with Gasteiger partial charge in [-0.2, -0.15) is 0 Å². The Morgan fingerprint density at radius 3 is 2.83 bits per heavy atom. The number of H-pyrrole nitrogens is 1. The highest BCUT2D eigenvalue weighted by Gasteiger charge is 2.26. The molecule has 29 heavy (non-hydrogen) atoms. The molecular weight excluding hydrogens is 458 g/mol. The minimum absolute atomic E-state index is 0. The zero-order valence-corrected chi connectivity index (χ0v) is 18.2. The number of quaternary nitrogens is 1. The van der Waals surface area contributed by atoms with E-state index in [9.17, 15) is 9.90 Å². The Morgan fingerprint density at radius 2 is 2.07 bits per heavy atom.